The zero-order valence-corrected chi connectivity index (χ0v) is 15.0. The van der Waals surface area contributed by atoms with Gasteiger partial charge in [0.05, 0.1) is 24.2 Å². The molecule has 0 unspecified atom stereocenters. The van der Waals surface area contributed by atoms with Crippen LogP contribution < -0.4 is 4.74 Å². The van der Waals surface area contributed by atoms with Crippen molar-refractivity contribution in [2.24, 2.45) is 9.98 Å². The van der Waals surface area contributed by atoms with Crippen molar-refractivity contribution < 1.29 is 9.53 Å². The van der Waals surface area contributed by atoms with Gasteiger partial charge in [-0.3, -0.25) is 14.8 Å². The van der Waals surface area contributed by atoms with Crippen molar-refractivity contribution in [3.05, 3.63) is 59.4 Å². The molecule has 4 rings (SSSR count). The molecule has 0 bridgehead atoms. The Labute approximate surface area is 152 Å². The van der Waals surface area contributed by atoms with Crippen molar-refractivity contribution >= 4 is 17.3 Å². The fourth-order valence-electron chi connectivity index (χ4n) is 3.47. The van der Waals surface area contributed by atoms with Crippen molar-refractivity contribution in [2.45, 2.75) is 38.7 Å². The number of aromatic nitrogens is 1. The Kier molecular flexibility index (Phi) is 4.15. The summed E-state index contributed by atoms with van der Waals surface area (Å²) in [6.07, 6.45) is 5.59. The van der Waals surface area contributed by atoms with Crippen molar-refractivity contribution in [1.29, 1.82) is 0 Å². The number of nitrogens with zero attached hydrogens (tertiary/aromatic N) is 3. The average molecular weight is 347 g/mol. The Morgan fingerprint density at radius 3 is 2.73 bits per heavy atom. The summed E-state index contributed by atoms with van der Waals surface area (Å²) in [4.78, 5) is 26.0. The lowest BCUT2D eigenvalue weighted by Gasteiger charge is -2.36. The van der Waals surface area contributed by atoms with Crippen LogP contribution in [0.5, 0.6) is 5.75 Å². The van der Waals surface area contributed by atoms with E-state index in [1.807, 2.05) is 30.3 Å². The Hall–Kier alpha value is -2.82. The summed E-state index contributed by atoms with van der Waals surface area (Å²) in [5.74, 6) is 1.46. The van der Waals surface area contributed by atoms with Crippen LogP contribution in [0.2, 0.25) is 0 Å². The van der Waals surface area contributed by atoms with E-state index < -0.39 is 0 Å². The van der Waals surface area contributed by atoms with Crippen LogP contribution in [0.3, 0.4) is 0 Å². The molecule has 5 nitrogen and oxygen atoms in total. The third-order valence-electron chi connectivity index (χ3n) is 5.25. The molecule has 132 valence electrons. The van der Waals surface area contributed by atoms with Gasteiger partial charge in [0, 0.05) is 23.5 Å². The number of carbonyl (C=O) groups excluding carboxylic acids is 1. The highest BCUT2D eigenvalue weighted by Crippen LogP contribution is 2.37. The van der Waals surface area contributed by atoms with E-state index in [9.17, 15) is 4.79 Å². The first-order valence-electron chi connectivity index (χ1n) is 9.03. The fraction of sp³-hybridized carbons (Fsp3) is 0.333. The van der Waals surface area contributed by atoms with Gasteiger partial charge in [0.1, 0.15) is 11.4 Å². The standard InChI is InChI=1S/C21H21N3O2/c1-3-21(4-2)11-18(25)16-10-14(7-8-19(16)26-21)20-23-13-17(24-20)15-6-5-9-22-12-15/h5-10,12H,3-4,11,13H2,1-2H3. The minimum atomic E-state index is -0.373. The number of ether oxygens (including phenoxy) is 1. The molecule has 0 saturated carbocycles. The van der Waals surface area contributed by atoms with Crippen LogP contribution in [0, 0.1) is 0 Å². The minimum absolute atomic E-state index is 0.131. The number of benzene rings is 1. The second-order valence-electron chi connectivity index (χ2n) is 6.74. The SMILES string of the molecule is CCC1(CC)CC(=O)c2cc(C3=NCC(c4cccnc4)=N3)ccc2O1. The summed E-state index contributed by atoms with van der Waals surface area (Å²) < 4.78 is 6.19. The molecule has 0 N–H and O–H groups in total. The van der Waals surface area contributed by atoms with Crippen molar-refractivity contribution in [3.8, 4) is 5.75 Å². The Bertz CT molecular complexity index is 912. The monoisotopic (exact) mass is 347 g/mol. The number of Topliss-reactive ketones (excluding diaryl/α,β-unsaturated/α-hetero) is 1. The van der Waals surface area contributed by atoms with Gasteiger partial charge < -0.3 is 4.74 Å². The summed E-state index contributed by atoms with van der Waals surface area (Å²) in [7, 11) is 0. The summed E-state index contributed by atoms with van der Waals surface area (Å²) in [6.45, 7) is 4.66. The third kappa shape index (κ3) is 2.83. The molecule has 0 fully saturated rings. The van der Waals surface area contributed by atoms with Gasteiger partial charge in [-0.25, -0.2) is 4.99 Å². The zero-order valence-electron chi connectivity index (χ0n) is 15.0. The van der Waals surface area contributed by atoms with Crippen LogP contribution >= 0.6 is 0 Å². The number of aliphatic imine (C=N–C) groups is 2. The molecule has 0 saturated heterocycles. The van der Waals surface area contributed by atoms with Gasteiger partial charge in [0.2, 0.25) is 0 Å². The molecule has 0 amide bonds. The number of hydrogen-bond acceptors (Lipinski definition) is 5. The predicted molar refractivity (Wildman–Crippen MR) is 102 cm³/mol. The summed E-state index contributed by atoms with van der Waals surface area (Å²) in [5, 5.41) is 0. The first-order chi connectivity index (χ1) is 12.6. The quantitative estimate of drug-likeness (QED) is 0.844. The zero-order chi connectivity index (χ0) is 18.1. The Morgan fingerprint density at radius 1 is 1.15 bits per heavy atom. The minimum Gasteiger partial charge on any atom is -0.486 e. The fourth-order valence-corrected chi connectivity index (χ4v) is 3.47. The molecule has 1 aromatic carbocycles. The highest BCUT2D eigenvalue weighted by atomic mass is 16.5. The second-order valence-corrected chi connectivity index (χ2v) is 6.74. The number of hydrogen-bond donors (Lipinski definition) is 0. The number of carbonyl (C=O) groups is 1. The van der Waals surface area contributed by atoms with E-state index in [1.165, 1.54) is 0 Å². The highest BCUT2D eigenvalue weighted by Gasteiger charge is 2.37. The van der Waals surface area contributed by atoms with Gasteiger partial charge >= 0.3 is 0 Å². The second kappa shape index (κ2) is 6.48. The molecular weight excluding hydrogens is 326 g/mol. The van der Waals surface area contributed by atoms with E-state index >= 15 is 0 Å². The number of ketones is 1. The highest BCUT2D eigenvalue weighted by molar-refractivity contribution is 6.17. The van der Waals surface area contributed by atoms with E-state index in [2.05, 4.69) is 28.8 Å². The van der Waals surface area contributed by atoms with E-state index in [0.29, 0.717) is 30.1 Å². The molecule has 2 aromatic rings. The van der Waals surface area contributed by atoms with Gasteiger partial charge in [-0.2, -0.15) is 0 Å². The molecule has 0 spiro atoms. The molecular formula is C21H21N3O2. The maximum Gasteiger partial charge on any atom is 0.170 e. The first-order valence-corrected chi connectivity index (χ1v) is 9.03. The van der Waals surface area contributed by atoms with E-state index in [0.717, 1.165) is 29.7 Å². The lowest BCUT2D eigenvalue weighted by Crippen LogP contribution is -2.40. The normalized spacial score (nSPS) is 18.0. The van der Waals surface area contributed by atoms with Gasteiger partial charge in [-0.1, -0.05) is 13.8 Å². The Balaban J connectivity index is 1.64. The van der Waals surface area contributed by atoms with Crippen LogP contribution in [0.15, 0.2) is 52.7 Å². The summed E-state index contributed by atoms with van der Waals surface area (Å²) in [5.41, 5.74) is 2.97. The third-order valence-corrected chi connectivity index (χ3v) is 5.25. The van der Waals surface area contributed by atoms with Crippen LogP contribution in [-0.2, 0) is 0 Å². The molecule has 26 heavy (non-hydrogen) atoms. The van der Waals surface area contributed by atoms with Crippen LogP contribution in [0.25, 0.3) is 0 Å². The maximum absolute atomic E-state index is 12.7. The summed E-state index contributed by atoms with van der Waals surface area (Å²) >= 11 is 0. The van der Waals surface area contributed by atoms with Crippen LogP contribution in [0.4, 0.5) is 0 Å². The average Bonchev–Trinajstić information content (AvgIpc) is 3.18. The van der Waals surface area contributed by atoms with E-state index in [1.54, 1.807) is 12.4 Å². The Morgan fingerprint density at radius 2 is 2.00 bits per heavy atom. The largest absolute Gasteiger partial charge is 0.486 e. The number of rotatable bonds is 4. The number of fused-ring (bicyclic) bond motifs is 1. The lowest BCUT2D eigenvalue weighted by molar-refractivity contribution is 0.0350. The van der Waals surface area contributed by atoms with Crippen molar-refractivity contribution in [2.75, 3.05) is 6.54 Å². The van der Waals surface area contributed by atoms with Crippen LogP contribution in [-0.4, -0.2) is 34.5 Å². The van der Waals surface area contributed by atoms with E-state index in [-0.39, 0.29) is 11.4 Å². The molecule has 3 heterocycles. The van der Waals surface area contributed by atoms with Gasteiger partial charge in [0.15, 0.2) is 11.6 Å². The summed E-state index contributed by atoms with van der Waals surface area (Å²) in [6, 6.07) is 9.54. The molecule has 2 aliphatic rings. The predicted octanol–water partition coefficient (Wildman–Crippen LogP) is 3.86. The van der Waals surface area contributed by atoms with Crippen molar-refractivity contribution in [1.82, 2.24) is 4.98 Å². The molecule has 5 heteroatoms. The smallest absolute Gasteiger partial charge is 0.170 e. The number of pyridine rings is 1. The molecule has 0 atom stereocenters. The first kappa shape index (κ1) is 16.6. The molecule has 2 aliphatic heterocycles. The van der Waals surface area contributed by atoms with Crippen LogP contribution in [0.1, 0.15) is 54.6 Å². The van der Waals surface area contributed by atoms with Crippen molar-refractivity contribution in [3.63, 3.8) is 0 Å². The molecule has 0 aliphatic carbocycles. The number of amidine groups is 1. The molecule has 0 radical (unpaired) electrons. The van der Waals surface area contributed by atoms with E-state index in [4.69, 9.17) is 4.74 Å². The topological polar surface area (TPSA) is 63.9 Å². The maximum atomic E-state index is 12.7. The van der Waals surface area contributed by atoms with Gasteiger partial charge in [0.25, 0.3) is 0 Å². The molecule has 1 aromatic heterocycles. The van der Waals surface area contributed by atoms with Gasteiger partial charge in [-0.15, -0.1) is 0 Å². The van der Waals surface area contributed by atoms with Gasteiger partial charge in [-0.05, 0) is 43.2 Å². The lowest BCUT2D eigenvalue weighted by atomic mass is 9.85.